The molecule has 0 aliphatic heterocycles. The molecule has 0 fully saturated rings. The number of hydrogen-bond acceptors (Lipinski definition) is 3. The van der Waals surface area contributed by atoms with Crippen LogP contribution in [0.25, 0.3) is 11.3 Å². The quantitative estimate of drug-likeness (QED) is 0.614. The van der Waals surface area contributed by atoms with Crippen LogP contribution in [0.5, 0.6) is 0 Å². The molecule has 0 radical (unpaired) electrons. The molecule has 1 aromatic heterocycles. The van der Waals surface area contributed by atoms with Gasteiger partial charge in [0.2, 0.25) is 0 Å². The number of benzene rings is 2. The average Bonchev–Trinajstić information content (AvgIpc) is 3.02. The molecule has 0 atom stereocenters. The minimum atomic E-state index is -0.394. The first-order chi connectivity index (χ1) is 11.4. The van der Waals surface area contributed by atoms with E-state index in [0.717, 1.165) is 5.56 Å². The molecular weight excluding hydrogens is 347 g/mol. The van der Waals surface area contributed by atoms with E-state index in [9.17, 15) is 4.79 Å². The van der Waals surface area contributed by atoms with Crippen LogP contribution in [-0.4, -0.2) is 5.91 Å². The molecule has 0 aliphatic rings. The van der Waals surface area contributed by atoms with Crippen LogP contribution in [0.15, 0.2) is 52.9 Å². The Hall–Kier alpha value is -2.43. The topological polar surface area (TPSA) is 68.3 Å². The van der Waals surface area contributed by atoms with Crippen molar-refractivity contribution in [1.82, 2.24) is 0 Å². The zero-order valence-corrected chi connectivity index (χ0v) is 14.3. The summed E-state index contributed by atoms with van der Waals surface area (Å²) >= 11 is 12.1. The Bertz CT molecular complexity index is 919. The molecule has 0 saturated heterocycles. The van der Waals surface area contributed by atoms with E-state index in [-0.39, 0.29) is 5.76 Å². The fraction of sp³-hybridized carbons (Fsp3) is 0.0556. The number of nitrogens with one attached hydrogen (secondary N) is 1. The predicted molar refractivity (Wildman–Crippen MR) is 97.7 cm³/mol. The van der Waals surface area contributed by atoms with Crippen LogP contribution in [0.3, 0.4) is 0 Å². The van der Waals surface area contributed by atoms with Crippen LogP contribution in [-0.2, 0) is 0 Å². The Morgan fingerprint density at radius 3 is 2.62 bits per heavy atom. The zero-order valence-electron chi connectivity index (χ0n) is 12.8. The van der Waals surface area contributed by atoms with E-state index >= 15 is 0 Å². The van der Waals surface area contributed by atoms with Crippen molar-refractivity contribution in [3.63, 3.8) is 0 Å². The lowest BCUT2D eigenvalue weighted by atomic mass is 10.2. The lowest BCUT2D eigenvalue weighted by Crippen LogP contribution is -2.12. The highest BCUT2D eigenvalue weighted by atomic mass is 35.5. The van der Waals surface area contributed by atoms with Crippen LogP contribution in [0.2, 0.25) is 10.0 Å². The number of hydrogen-bond donors (Lipinski definition) is 2. The maximum Gasteiger partial charge on any atom is 0.291 e. The third-order valence-corrected chi connectivity index (χ3v) is 4.04. The van der Waals surface area contributed by atoms with Crippen molar-refractivity contribution in [2.75, 3.05) is 11.1 Å². The monoisotopic (exact) mass is 360 g/mol. The summed E-state index contributed by atoms with van der Waals surface area (Å²) in [5.41, 5.74) is 8.57. The lowest BCUT2D eigenvalue weighted by molar-refractivity contribution is 0.0997. The van der Waals surface area contributed by atoms with E-state index in [1.165, 1.54) is 0 Å². The molecule has 24 heavy (non-hydrogen) atoms. The van der Waals surface area contributed by atoms with E-state index in [4.69, 9.17) is 33.4 Å². The van der Waals surface area contributed by atoms with E-state index in [1.807, 2.05) is 13.0 Å². The lowest BCUT2D eigenvalue weighted by Gasteiger charge is -2.07. The molecule has 6 heteroatoms. The second-order valence-electron chi connectivity index (χ2n) is 5.33. The zero-order chi connectivity index (χ0) is 17.3. The number of carbonyl (C=O) groups excluding carboxylic acids is 1. The molecule has 3 N–H and O–H groups in total. The van der Waals surface area contributed by atoms with Crippen LogP contribution in [0.4, 0.5) is 11.4 Å². The first kappa shape index (κ1) is 16.4. The summed E-state index contributed by atoms with van der Waals surface area (Å²) in [5.74, 6) is 0.223. The van der Waals surface area contributed by atoms with Crippen LogP contribution in [0, 0.1) is 6.92 Å². The van der Waals surface area contributed by atoms with Gasteiger partial charge in [0, 0.05) is 10.6 Å². The highest BCUT2D eigenvalue weighted by Crippen LogP contribution is 2.32. The summed E-state index contributed by atoms with van der Waals surface area (Å²) < 4.78 is 5.61. The average molecular weight is 361 g/mol. The van der Waals surface area contributed by atoms with Crippen molar-refractivity contribution in [3.05, 3.63) is 69.9 Å². The van der Waals surface area contributed by atoms with Crippen LogP contribution >= 0.6 is 23.2 Å². The van der Waals surface area contributed by atoms with Crippen molar-refractivity contribution in [2.24, 2.45) is 0 Å². The molecule has 3 aromatic rings. The number of nitrogen functional groups attached to an aromatic ring is 1. The first-order valence-electron chi connectivity index (χ1n) is 7.17. The van der Waals surface area contributed by atoms with E-state index in [2.05, 4.69) is 5.32 Å². The van der Waals surface area contributed by atoms with Gasteiger partial charge in [0.25, 0.3) is 5.91 Å². The fourth-order valence-electron chi connectivity index (χ4n) is 2.27. The number of aryl methyl sites for hydroxylation is 1. The van der Waals surface area contributed by atoms with Gasteiger partial charge in [-0.2, -0.15) is 0 Å². The summed E-state index contributed by atoms with van der Waals surface area (Å²) in [5, 5.41) is 3.75. The first-order valence-corrected chi connectivity index (χ1v) is 7.92. The Balaban J connectivity index is 1.85. The van der Waals surface area contributed by atoms with Gasteiger partial charge in [-0.05, 0) is 55.0 Å². The highest BCUT2D eigenvalue weighted by molar-refractivity contribution is 6.35. The summed E-state index contributed by atoms with van der Waals surface area (Å²) in [6.07, 6.45) is 0. The van der Waals surface area contributed by atoms with Gasteiger partial charge in [-0.1, -0.05) is 29.3 Å². The molecule has 0 saturated carbocycles. The molecule has 4 nitrogen and oxygen atoms in total. The summed E-state index contributed by atoms with van der Waals surface area (Å²) in [7, 11) is 0. The predicted octanol–water partition coefficient (Wildman–Crippen LogP) is 5.40. The van der Waals surface area contributed by atoms with E-state index in [1.54, 1.807) is 42.5 Å². The number of rotatable bonds is 3. The molecule has 1 amide bonds. The normalized spacial score (nSPS) is 10.6. The second-order valence-corrected chi connectivity index (χ2v) is 6.18. The van der Waals surface area contributed by atoms with Gasteiger partial charge in [-0.3, -0.25) is 4.79 Å². The second kappa shape index (κ2) is 6.59. The van der Waals surface area contributed by atoms with Crippen molar-refractivity contribution in [1.29, 1.82) is 0 Å². The standard InChI is InChI=1S/C18H14Cl2N2O2/c1-10-2-5-15(14(21)8-10)22-18(23)17-7-6-16(24-17)12-9-11(19)3-4-13(12)20/h2-9H,21H2,1H3,(H,22,23). The van der Waals surface area contributed by atoms with E-state index in [0.29, 0.717) is 32.7 Å². The number of halogens is 2. The summed E-state index contributed by atoms with van der Waals surface area (Å²) in [4.78, 5) is 12.3. The Morgan fingerprint density at radius 2 is 1.88 bits per heavy atom. The molecule has 122 valence electrons. The van der Waals surface area contributed by atoms with Crippen LogP contribution < -0.4 is 11.1 Å². The molecule has 1 heterocycles. The van der Waals surface area contributed by atoms with Crippen molar-refractivity contribution in [2.45, 2.75) is 6.92 Å². The van der Waals surface area contributed by atoms with Gasteiger partial charge in [-0.15, -0.1) is 0 Å². The van der Waals surface area contributed by atoms with Gasteiger partial charge < -0.3 is 15.5 Å². The fourth-order valence-corrected chi connectivity index (χ4v) is 2.65. The number of furan rings is 1. The minimum absolute atomic E-state index is 0.154. The number of nitrogens with two attached hydrogens (primary N) is 1. The van der Waals surface area contributed by atoms with E-state index < -0.39 is 5.91 Å². The van der Waals surface area contributed by atoms with Gasteiger partial charge in [-0.25, -0.2) is 0 Å². The van der Waals surface area contributed by atoms with Crippen molar-refractivity contribution in [3.8, 4) is 11.3 Å². The smallest absolute Gasteiger partial charge is 0.291 e. The molecule has 0 unspecified atom stereocenters. The third kappa shape index (κ3) is 3.40. The van der Waals surface area contributed by atoms with Gasteiger partial charge in [0.05, 0.1) is 16.4 Å². The molecule has 0 spiro atoms. The molecular formula is C18H14Cl2N2O2. The number of anilines is 2. The SMILES string of the molecule is Cc1ccc(NC(=O)c2ccc(-c3cc(Cl)ccc3Cl)o2)c(N)c1. The van der Waals surface area contributed by atoms with Crippen molar-refractivity contribution >= 4 is 40.5 Å². The van der Waals surface area contributed by atoms with Gasteiger partial charge >= 0.3 is 0 Å². The maximum atomic E-state index is 12.3. The summed E-state index contributed by atoms with van der Waals surface area (Å²) in [6, 6.07) is 13.7. The highest BCUT2D eigenvalue weighted by Gasteiger charge is 2.15. The molecule has 0 aliphatic carbocycles. The van der Waals surface area contributed by atoms with Crippen LogP contribution in [0.1, 0.15) is 16.1 Å². The van der Waals surface area contributed by atoms with Crippen molar-refractivity contribution < 1.29 is 9.21 Å². The summed E-state index contributed by atoms with van der Waals surface area (Å²) in [6.45, 7) is 1.93. The molecule has 0 bridgehead atoms. The Kier molecular flexibility index (Phi) is 4.51. The van der Waals surface area contributed by atoms with Gasteiger partial charge in [0.1, 0.15) is 5.76 Å². The molecule has 2 aromatic carbocycles. The Labute approximate surface area is 149 Å². The molecule has 3 rings (SSSR count). The third-order valence-electron chi connectivity index (χ3n) is 3.48. The Morgan fingerprint density at radius 1 is 1.08 bits per heavy atom. The van der Waals surface area contributed by atoms with Gasteiger partial charge in [0.15, 0.2) is 5.76 Å². The maximum absolute atomic E-state index is 12.3. The number of amides is 1. The number of carbonyl (C=O) groups is 1. The largest absolute Gasteiger partial charge is 0.451 e. The minimum Gasteiger partial charge on any atom is -0.451 e.